The number of para-hydroxylation sites is 1. The van der Waals surface area contributed by atoms with Crippen LogP contribution in [0.15, 0.2) is 24.3 Å². The van der Waals surface area contributed by atoms with E-state index in [0.29, 0.717) is 31.2 Å². The van der Waals surface area contributed by atoms with Gasteiger partial charge in [0, 0.05) is 26.2 Å². The molecule has 1 aromatic carbocycles. The summed E-state index contributed by atoms with van der Waals surface area (Å²) in [5, 5.41) is 14.2. The Morgan fingerprint density at radius 3 is 2.40 bits per heavy atom. The van der Waals surface area contributed by atoms with E-state index in [0.717, 1.165) is 5.69 Å². The van der Waals surface area contributed by atoms with E-state index in [9.17, 15) is 19.2 Å². The Labute approximate surface area is 178 Å². The van der Waals surface area contributed by atoms with Gasteiger partial charge in [0.1, 0.15) is 6.04 Å². The minimum absolute atomic E-state index is 0.232. The molecule has 2 aliphatic heterocycles. The number of ether oxygens (including phenoxy) is 1. The molecular formula is C19H23ClN4O6. The molecule has 2 fully saturated rings. The molecule has 0 bridgehead atoms. The largest absolute Gasteiger partial charge is 0.479 e. The summed E-state index contributed by atoms with van der Waals surface area (Å²) < 4.78 is 4.76. The molecule has 0 spiro atoms. The monoisotopic (exact) mass is 438 g/mol. The number of hydrogen-bond acceptors (Lipinski definition) is 6. The van der Waals surface area contributed by atoms with Crippen LogP contribution in [0.25, 0.3) is 0 Å². The highest BCUT2D eigenvalue weighted by molar-refractivity contribution is 6.33. The number of hydrogen-bond donors (Lipinski definition) is 3. The van der Waals surface area contributed by atoms with Crippen molar-refractivity contribution >= 4 is 41.1 Å². The third-order valence-electron chi connectivity index (χ3n) is 5.02. The minimum atomic E-state index is -1.24. The summed E-state index contributed by atoms with van der Waals surface area (Å²) in [6.07, 6.45) is -2.07. The topological polar surface area (TPSA) is 132 Å². The van der Waals surface area contributed by atoms with E-state index in [-0.39, 0.29) is 6.42 Å². The molecule has 0 saturated carbocycles. The van der Waals surface area contributed by atoms with Gasteiger partial charge >= 0.3 is 12.0 Å². The second-order valence-corrected chi connectivity index (χ2v) is 7.41. The number of benzene rings is 1. The summed E-state index contributed by atoms with van der Waals surface area (Å²) in [6.45, 7) is 3.61. The minimum Gasteiger partial charge on any atom is -0.479 e. The van der Waals surface area contributed by atoms with E-state index in [1.54, 1.807) is 13.0 Å². The zero-order valence-corrected chi connectivity index (χ0v) is 17.1. The van der Waals surface area contributed by atoms with Crippen molar-refractivity contribution in [3.05, 3.63) is 29.3 Å². The number of nitrogens with one attached hydrogen (secondary N) is 2. The number of epoxide rings is 1. The molecule has 162 valence electrons. The average molecular weight is 439 g/mol. The van der Waals surface area contributed by atoms with Crippen LogP contribution in [-0.2, 0) is 19.1 Å². The lowest BCUT2D eigenvalue weighted by Gasteiger charge is -2.36. The van der Waals surface area contributed by atoms with Crippen molar-refractivity contribution in [1.29, 1.82) is 0 Å². The molecule has 0 aromatic heterocycles. The third kappa shape index (κ3) is 5.00. The van der Waals surface area contributed by atoms with E-state index < -0.39 is 42.1 Å². The third-order valence-corrected chi connectivity index (χ3v) is 5.34. The highest BCUT2D eigenvalue weighted by atomic mass is 35.5. The summed E-state index contributed by atoms with van der Waals surface area (Å²) in [5.74, 6) is -2.58. The molecule has 0 unspecified atom stereocenters. The van der Waals surface area contributed by atoms with Gasteiger partial charge in [0.25, 0.3) is 11.8 Å². The van der Waals surface area contributed by atoms with Gasteiger partial charge in [-0.05, 0) is 18.6 Å². The molecule has 11 heteroatoms. The second-order valence-electron chi connectivity index (χ2n) is 7.00. The predicted octanol–water partition coefficient (Wildman–Crippen LogP) is 0.445. The van der Waals surface area contributed by atoms with Crippen molar-refractivity contribution in [2.75, 3.05) is 31.1 Å². The van der Waals surface area contributed by atoms with Gasteiger partial charge in [0.15, 0.2) is 12.2 Å². The van der Waals surface area contributed by atoms with Crippen LogP contribution in [0.1, 0.15) is 13.3 Å². The van der Waals surface area contributed by atoms with Crippen LogP contribution >= 0.6 is 11.6 Å². The predicted molar refractivity (Wildman–Crippen MR) is 107 cm³/mol. The first kappa shape index (κ1) is 21.8. The van der Waals surface area contributed by atoms with Crippen molar-refractivity contribution in [2.45, 2.75) is 31.6 Å². The standard InChI is InChI=1S/C19H23ClN4O6/c1-2-12(21-17(26)14-15(30-14)18(27)28)16(25)22-19(29)24-9-7-23(8-10-24)13-6-4-3-5-11(13)20/h3-6,12,14-15H,2,7-10H2,1H3,(H,21,26)(H,27,28)(H,22,25,29)/t12-,14-,15-/m0/s1. The van der Waals surface area contributed by atoms with E-state index in [1.165, 1.54) is 4.90 Å². The molecule has 2 heterocycles. The summed E-state index contributed by atoms with van der Waals surface area (Å²) in [7, 11) is 0. The summed E-state index contributed by atoms with van der Waals surface area (Å²) >= 11 is 6.22. The smallest absolute Gasteiger partial charge is 0.336 e. The Bertz CT molecular complexity index is 842. The molecule has 4 amide bonds. The zero-order valence-electron chi connectivity index (χ0n) is 16.3. The van der Waals surface area contributed by atoms with Gasteiger partial charge in [-0.2, -0.15) is 0 Å². The number of amides is 4. The highest BCUT2D eigenvalue weighted by Gasteiger charge is 2.51. The summed E-state index contributed by atoms with van der Waals surface area (Å²) in [6, 6.07) is 5.94. The van der Waals surface area contributed by atoms with Gasteiger partial charge in [0.2, 0.25) is 0 Å². The maximum absolute atomic E-state index is 12.4. The van der Waals surface area contributed by atoms with Crippen molar-refractivity contribution in [3.8, 4) is 0 Å². The molecule has 2 aliphatic rings. The van der Waals surface area contributed by atoms with Crippen LogP contribution in [0.5, 0.6) is 0 Å². The molecule has 3 atom stereocenters. The number of imide groups is 1. The van der Waals surface area contributed by atoms with Crippen LogP contribution in [0.4, 0.5) is 10.5 Å². The lowest BCUT2D eigenvalue weighted by Crippen LogP contribution is -2.56. The number of urea groups is 1. The number of nitrogens with zero attached hydrogens (tertiary/aromatic N) is 2. The Morgan fingerprint density at radius 2 is 1.83 bits per heavy atom. The first-order chi connectivity index (χ1) is 14.3. The fourth-order valence-corrected chi connectivity index (χ4v) is 3.49. The van der Waals surface area contributed by atoms with E-state index in [2.05, 4.69) is 15.5 Å². The number of rotatable bonds is 6. The summed E-state index contributed by atoms with van der Waals surface area (Å²) in [4.78, 5) is 51.2. The Balaban J connectivity index is 1.48. The number of aliphatic carboxylic acids is 1. The molecular weight excluding hydrogens is 416 g/mol. The van der Waals surface area contributed by atoms with Crippen molar-refractivity contribution in [1.82, 2.24) is 15.5 Å². The molecule has 30 heavy (non-hydrogen) atoms. The lowest BCUT2D eigenvalue weighted by atomic mass is 10.2. The van der Waals surface area contributed by atoms with Gasteiger partial charge in [-0.15, -0.1) is 0 Å². The maximum atomic E-state index is 12.4. The maximum Gasteiger partial charge on any atom is 0.336 e. The van der Waals surface area contributed by atoms with Crippen LogP contribution in [-0.4, -0.2) is 78.3 Å². The number of carboxylic acids is 1. The molecule has 3 N–H and O–H groups in total. The van der Waals surface area contributed by atoms with Crippen molar-refractivity contribution in [3.63, 3.8) is 0 Å². The van der Waals surface area contributed by atoms with E-state index >= 15 is 0 Å². The number of carbonyl (C=O) groups excluding carboxylic acids is 3. The van der Waals surface area contributed by atoms with Crippen LogP contribution in [0, 0.1) is 0 Å². The lowest BCUT2D eigenvalue weighted by molar-refractivity contribution is -0.138. The van der Waals surface area contributed by atoms with E-state index in [1.807, 2.05) is 18.2 Å². The first-order valence-electron chi connectivity index (χ1n) is 9.59. The molecule has 2 saturated heterocycles. The number of anilines is 1. The molecule has 1 aromatic rings. The fourth-order valence-electron chi connectivity index (χ4n) is 3.24. The van der Waals surface area contributed by atoms with Gasteiger partial charge in [-0.25, -0.2) is 9.59 Å². The van der Waals surface area contributed by atoms with Gasteiger partial charge in [0.05, 0.1) is 10.7 Å². The Morgan fingerprint density at radius 1 is 1.17 bits per heavy atom. The highest BCUT2D eigenvalue weighted by Crippen LogP contribution is 2.26. The zero-order chi connectivity index (χ0) is 21.8. The molecule has 0 radical (unpaired) electrons. The van der Waals surface area contributed by atoms with Crippen LogP contribution < -0.4 is 15.5 Å². The normalized spacial score (nSPS) is 21.5. The molecule has 10 nitrogen and oxygen atoms in total. The quantitative estimate of drug-likeness (QED) is 0.549. The number of carbonyl (C=O) groups is 4. The fraction of sp³-hybridized carbons (Fsp3) is 0.474. The first-order valence-corrected chi connectivity index (χ1v) is 9.97. The number of carboxylic acid groups (broad SMARTS) is 1. The Hall–Kier alpha value is -2.85. The van der Waals surface area contributed by atoms with Crippen molar-refractivity contribution in [2.24, 2.45) is 0 Å². The van der Waals surface area contributed by atoms with Gasteiger partial charge < -0.3 is 25.0 Å². The van der Waals surface area contributed by atoms with Crippen LogP contribution in [0.2, 0.25) is 5.02 Å². The molecule has 3 rings (SSSR count). The average Bonchev–Trinajstić information content (AvgIpc) is 3.53. The van der Waals surface area contributed by atoms with E-state index in [4.69, 9.17) is 21.4 Å². The molecule has 0 aliphatic carbocycles. The summed E-state index contributed by atoms with van der Waals surface area (Å²) in [5.41, 5.74) is 0.894. The Kier molecular flexibility index (Phi) is 6.78. The second kappa shape index (κ2) is 9.31. The number of piperazine rings is 1. The number of halogens is 1. The van der Waals surface area contributed by atoms with Gasteiger partial charge in [-0.3, -0.25) is 14.9 Å². The van der Waals surface area contributed by atoms with Gasteiger partial charge in [-0.1, -0.05) is 30.7 Å². The SMILES string of the molecule is CC[C@H](NC(=O)[C@H]1O[C@@H]1C(=O)O)C(=O)NC(=O)N1CCN(c2ccccc2Cl)CC1. The van der Waals surface area contributed by atoms with Crippen LogP contribution in [0.3, 0.4) is 0 Å². The van der Waals surface area contributed by atoms with Crippen molar-refractivity contribution < 1.29 is 29.0 Å².